The molecule has 1 heterocycles. The van der Waals surface area contributed by atoms with E-state index in [0.29, 0.717) is 17.5 Å². The molecule has 0 fully saturated rings. The molecule has 0 saturated heterocycles. The summed E-state index contributed by atoms with van der Waals surface area (Å²) in [5.41, 5.74) is 0. The predicted octanol–water partition coefficient (Wildman–Crippen LogP) is 1.29. The van der Waals surface area contributed by atoms with Crippen molar-refractivity contribution in [3.63, 3.8) is 0 Å². The lowest BCUT2D eigenvalue weighted by molar-refractivity contribution is -0.114. The van der Waals surface area contributed by atoms with Crippen molar-refractivity contribution in [2.75, 3.05) is 30.4 Å². The van der Waals surface area contributed by atoms with Gasteiger partial charge in [0, 0.05) is 20.0 Å². The number of ether oxygens (including phenoxy) is 1. The van der Waals surface area contributed by atoms with Crippen LogP contribution < -0.4 is 15.0 Å². The van der Waals surface area contributed by atoms with Gasteiger partial charge in [-0.05, 0) is 13.8 Å². The summed E-state index contributed by atoms with van der Waals surface area (Å²) in [6.45, 7) is 7.13. The lowest BCUT2D eigenvalue weighted by Gasteiger charge is -2.21. The lowest BCUT2D eigenvalue weighted by atomic mass is 10.4. The number of rotatable bonds is 5. The first-order valence-corrected chi connectivity index (χ1v) is 5.55. The Morgan fingerprint density at radius 1 is 1.47 bits per heavy atom. The molecular formula is C11H18N4O2. The molecule has 0 aliphatic rings. The molecule has 1 aromatic rings. The molecule has 0 aliphatic carbocycles. The van der Waals surface area contributed by atoms with Gasteiger partial charge in [0.2, 0.25) is 5.91 Å². The van der Waals surface area contributed by atoms with E-state index in [4.69, 9.17) is 4.74 Å². The van der Waals surface area contributed by atoms with Crippen LogP contribution >= 0.6 is 0 Å². The maximum Gasteiger partial charge on any atom is 0.259 e. The van der Waals surface area contributed by atoms with Gasteiger partial charge in [0.15, 0.2) is 11.6 Å². The van der Waals surface area contributed by atoms with Crippen LogP contribution in [0.4, 0.5) is 11.6 Å². The molecule has 6 heteroatoms. The fourth-order valence-electron chi connectivity index (χ4n) is 1.48. The Morgan fingerprint density at radius 2 is 2.12 bits per heavy atom. The van der Waals surface area contributed by atoms with Crippen molar-refractivity contribution in [3.05, 3.63) is 6.20 Å². The second kappa shape index (κ2) is 6.03. The number of nitrogens with zero attached hydrogens (tertiary/aromatic N) is 3. The number of methoxy groups -OCH3 is 1. The summed E-state index contributed by atoms with van der Waals surface area (Å²) in [4.78, 5) is 21.4. The van der Waals surface area contributed by atoms with Crippen molar-refractivity contribution in [3.8, 4) is 5.88 Å². The van der Waals surface area contributed by atoms with Crippen LogP contribution in [0.15, 0.2) is 6.20 Å². The van der Waals surface area contributed by atoms with Crippen LogP contribution in [0.1, 0.15) is 20.8 Å². The molecule has 0 bridgehead atoms. The average molecular weight is 238 g/mol. The zero-order chi connectivity index (χ0) is 12.8. The van der Waals surface area contributed by atoms with Crippen LogP contribution in [0.5, 0.6) is 5.88 Å². The molecule has 0 radical (unpaired) electrons. The number of amides is 1. The molecule has 6 nitrogen and oxygen atoms in total. The Hall–Kier alpha value is -1.85. The molecule has 1 N–H and O–H groups in total. The van der Waals surface area contributed by atoms with E-state index in [1.807, 2.05) is 18.7 Å². The normalized spacial score (nSPS) is 9.88. The maximum atomic E-state index is 10.9. The van der Waals surface area contributed by atoms with Crippen molar-refractivity contribution in [1.82, 2.24) is 9.97 Å². The van der Waals surface area contributed by atoms with E-state index in [9.17, 15) is 4.79 Å². The highest BCUT2D eigenvalue weighted by atomic mass is 16.5. The van der Waals surface area contributed by atoms with Gasteiger partial charge in [-0.3, -0.25) is 4.79 Å². The molecule has 0 spiro atoms. The molecule has 0 aliphatic heterocycles. The van der Waals surface area contributed by atoms with Crippen LogP contribution in [0.2, 0.25) is 0 Å². The molecule has 1 rings (SSSR count). The monoisotopic (exact) mass is 238 g/mol. The topological polar surface area (TPSA) is 67.4 Å². The van der Waals surface area contributed by atoms with Gasteiger partial charge in [-0.2, -0.15) is 4.98 Å². The van der Waals surface area contributed by atoms with E-state index in [1.54, 1.807) is 0 Å². The zero-order valence-corrected chi connectivity index (χ0v) is 10.6. The van der Waals surface area contributed by atoms with E-state index < -0.39 is 0 Å². The number of aromatic nitrogens is 2. The summed E-state index contributed by atoms with van der Waals surface area (Å²) in [5, 5.41) is 2.57. The van der Waals surface area contributed by atoms with E-state index in [-0.39, 0.29) is 5.91 Å². The largest absolute Gasteiger partial charge is 0.478 e. The fraction of sp³-hybridized carbons (Fsp3) is 0.545. The SMILES string of the molecule is CCN(CC)c1ncc(NC(C)=O)nc1OC. The van der Waals surface area contributed by atoms with E-state index in [2.05, 4.69) is 15.3 Å². The molecular weight excluding hydrogens is 220 g/mol. The quantitative estimate of drug-likeness (QED) is 0.837. The predicted molar refractivity (Wildman–Crippen MR) is 66.4 cm³/mol. The van der Waals surface area contributed by atoms with Gasteiger partial charge in [-0.1, -0.05) is 0 Å². The zero-order valence-electron chi connectivity index (χ0n) is 10.6. The van der Waals surface area contributed by atoms with Crippen molar-refractivity contribution >= 4 is 17.5 Å². The van der Waals surface area contributed by atoms with Gasteiger partial charge in [0.05, 0.1) is 13.3 Å². The van der Waals surface area contributed by atoms with Crippen LogP contribution in [-0.4, -0.2) is 36.1 Å². The average Bonchev–Trinajstić information content (AvgIpc) is 2.31. The third-order valence-electron chi connectivity index (χ3n) is 2.28. The fourth-order valence-corrected chi connectivity index (χ4v) is 1.48. The minimum atomic E-state index is -0.183. The second-order valence-corrected chi connectivity index (χ2v) is 3.44. The third-order valence-corrected chi connectivity index (χ3v) is 2.28. The smallest absolute Gasteiger partial charge is 0.259 e. The first kappa shape index (κ1) is 13.2. The Labute approximate surface area is 101 Å². The Morgan fingerprint density at radius 3 is 2.59 bits per heavy atom. The van der Waals surface area contributed by atoms with Crippen molar-refractivity contribution < 1.29 is 9.53 Å². The number of hydrogen-bond donors (Lipinski definition) is 1. The van der Waals surface area contributed by atoms with Gasteiger partial charge in [0.25, 0.3) is 5.88 Å². The van der Waals surface area contributed by atoms with Gasteiger partial charge in [-0.15, -0.1) is 0 Å². The summed E-state index contributed by atoms with van der Waals surface area (Å²) in [5.74, 6) is 1.31. The molecule has 0 atom stereocenters. The van der Waals surface area contributed by atoms with Crippen molar-refractivity contribution in [2.45, 2.75) is 20.8 Å². The van der Waals surface area contributed by atoms with Crippen molar-refractivity contribution in [2.24, 2.45) is 0 Å². The van der Waals surface area contributed by atoms with E-state index in [0.717, 1.165) is 13.1 Å². The summed E-state index contributed by atoms with van der Waals surface area (Å²) >= 11 is 0. The molecule has 0 saturated carbocycles. The molecule has 1 amide bonds. The standard InChI is InChI=1S/C11H18N4O2/c1-5-15(6-2)10-11(17-4)14-9(7-12-10)13-8(3)16/h7H,5-6H2,1-4H3,(H,13,14,16). The van der Waals surface area contributed by atoms with Crippen LogP contribution in [0, 0.1) is 0 Å². The third kappa shape index (κ3) is 3.30. The minimum absolute atomic E-state index is 0.183. The van der Waals surface area contributed by atoms with Crippen LogP contribution in [0.25, 0.3) is 0 Å². The highest BCUT2D eigenvalue weighted by molar-refractivity contribution is 5.87. The molecule has 94 valence electrons. The lowest BCUT2D eigenvalue weighted by Crippen LogP contribution is -2.24. The van der Waals surface area contributed by atoms with E-state index >= 15 is 0 Å². The second-order valence-electron chi connectivity index (χ2n) is 3.44. The summed E-state index contributed by atoms with van der Waals surface area (Å²) in [6, 6.07) is 0. The number of carbonyl (C=O) groups excluding carboxylic acids is 1. The first-order valence-electron chi connectivity index (χ1n) is 5.55. The number of hydrogen-bond acceptors (Lipinski definition) is 5. The highest BCUT2D eigenvalue weighted by Gasteiger charge is 2.13. The maximum absolute atomic E-state index is 10.9. The van der Waals surface area contributed by atoms with Gasteiger partial charge < -0.3 is 15.0 Å². The Kier molecular flexibility index (Phi) is 4.68. The molecule has 0 unspecified atom stereocenters. The molecule has 1 aromatic heterocycles. The summed E-state index contributed by atoms with van der Waals surface area (Å²) < 4.78 is 5.19. The molecule has 0 aromatic carbocycles. The van der Waals surface area contributed by atoms with Crippen molar-refractivity contribution in [1.29, 1.82) is 0 Å². The van der Waals surface area contributed by atoms with Gasteiger partial charge >= 0.3 is 0 Å². The van der Waals surface area contributed by atoms with Crippen LogP contribution in [0.3, 0.4) is 0 Å². The number of nitrogens with one attached hydrogen (secondary N) is 1. The number of carbonyl (C=O) groups is 1. The minimum Gasteiger partial charge on any atom is -0.478 e. The van der Waals surface area contributed by atoms with Gasteiger partial charge in [0.1, 0.15) is 0 Å². The Bertz CT molecular complexity index is 391. The number of anilines is 2. The van der Waals surface area contributed by atoms with Gasteiger partial charge in [-0.25, -0.2) is 4.98 Å². The molecule has 17 heavy (non-hydrogen) atoms. The summed E-state index contributed by atoms with van der Waals surface area (Å²) in [6.07, 6.45) is 1.53. The van der Waals surface area contributed by atoms with Crippen LogP contribution in [-0.2, 0) is 4.79 Å². The first-order chi connectivity index (χ1) is 8.12. The Balaban J connectivity index is 3.04. The summed E-state index contributed by atoms with van der Waals surface area (Å²) in [7, 11) is 1.54. The van der Waals surface area contributed by atoms with E-state index in [1.165, 1.54) is 20.2 Å². The highest BCUT2D eigenvalue weighted by Crippen LogP contribution is 2.24.